The van der Waals surface area contributed by atoms with Gasteiger partial charge in [0.05, 0.1) is 5.41 Å². The first-order valence-electron chi connectivity index (χ1n) is 4.91. The Morgan fingerprint density at radius 3 is 2.29 bits per heavy atom. The minimum atomic E-state index is -0.319. The van der Waals surface area contributed by atoms with Crippen LogP contribution in [0, 0.1) is 0 Å². The summed E-state index contributed by atoms with van der Waals surface area (Å²) in [4.78, 5) is 11.2. The quantitative estimate of drug-likeness (QED) is 0.749. The van der Waals surface area contributed by atoms with Gasteiger partial charge in [-0.3, -0.25) is 0 Å². The first-order valence-corrected chi connectivity index (χ1v) is 5.71. The topological polar surface area (TPSA) is 17.1 Å². The van der Waals surface area contributed by atoms with Gasteiger partial charge in [-0.15, -0.1) is 0 Å². The Labute approximate surface area is 93.7 Å². The van der Waals surface area contributed by atoms with Gasteiger partial charge in [0.15, 0.2) is 0 Å². The standard InChI is InChI=1S/C12H15BrO/c1-3-12(4-2,9-14)10-7-5-6-8-11(10)13/h5-9H,3-4H2,1-2H3. The molecular formula is C12H15BrO. The second-order valence-electron chi connectivity index (χ2n) is 3.46. The highest BCUT2D eigenvalue weighted by atomic mass is 79.9. The van der Waals surface area contributed by atoms with E-state index in [2.05, 4.69) is 29.8 Å². The average molecular weight is 255 g/mol. The van der Waals surface area contributed by atoms with Gasteiger partial charge in [-0.2, -0.15) is 0 Å². The molecule has 0 aliphatic heterocycles. The van der Waals surface area contributed by atoms with Gasteiger partial charge in [-0.25, -0.2) is 0 Å². The summed E-state index contributed by atoms with van der Waals surface area (Å²) in [6.45, 7) is 4.11. The smallest absolute Gasteiger partial charge is 0.130 e. The molecule has 0 saturated carbocycles. The van der Waals surface area contributed by atoms with Crippen molar-refractivity contribution in [3.05, 3.63) is 34.3 Å². The van der Waals surface area contributed by atoms with E-state index in [1.807, 2.05) is 24.3 Å². The van der Waals surface area contributed by atoms with Gasteiger partial charge >= 0.3 is 0 Å². The van der Waals surface area contributed by atoms with Gasteiger partial charge in [0, 0.05) is 4.47 Å². The van der Waals surface area contributed by atoms with E-state index < -0.39 is 0 Å². The van der Waals surface area contributed by atoms with Crippen LogP contribution in [0.25, 0.3) is 0 Å². The van der Waals surface area contributed by atoms with Crippen LogP contribution in [0.1, 0.15) is 32.3 Å². The van der Waals surface area contributed by atoms with Crippen LogP contribution in [-0.4, -0.2) is 6.29 Å². The number of carbonyl (C=O) groups is 1. The van der Waals surface area contributed by atoms with Gasteiger partial charge in [0.2, 0.25) is 0 Å². The Bertz CT molecular complexity index is 316. The van der Waals surface area contributed by atoms with E-state index in [0.29, 0.717) is 0 Å². The fraction of sp³-hybridized carbons (Fsp3) is 0.417. The third kappa shape index (κ3) is 1.90. The summed E-state index contributed by atoms with van der Waals surface area (Å²) in [6.07, 6.45) is 2.76. The number of hydrogen-bond acceptors (Lipinski definition) is 1. The van der Waals surface area contributed by atoms with Crippen LogP contribution >= 0.6 is 15.9 Å². The van der Waals surface area contributed by atoms with E-state index in [9.17, 15) is 4.79 Å². The summed E-state index contributed by atoms with van der Waals surface area (Å²) in [7, 11) is 0. The zero-order valence-electron chi connectivity index (χ0n) is 8.59. The first kappa shape index (κ1) is 11.4. The van der Waals surface area contributed by atoms with Crippen molar-refractivity contribution in [2.24, 2.45) is 0 Å². The average Bonchev–Trinajstić information content (AvgIpc) is 2.24. The van der Waals surface area contributed by atoms with Crippen molar-refractivity contribution < 1.29 is 4.79 Å². The molecule has 0 amide bonds. The second-order valence-corrected chi connectivity index (χ2v) is 4.32. The largest absolute Gasteiger partial charge is 0.302 e. The maximum atomic E-state index is 11.2. The van der Waals surface area contributed by atoms with Crippen molar-refractivity contribution in [3.8, 4) is 0 Å². The minimum absolute atomic E-state index is 0.319. The maximum Gasteiger partial charge on any atom is 0.130 e. The molecule has 0 atom stereocenters. The fourth-order valence-corrected chi connectivity index (χ4v) is 2.41. The number of rotatable bonds is 4. The first-order chi connectivity index (χ1) is 6.70. The molecule has 1 aromatic rings. The molecule has 0 bridgehead atoms. The maximum absolute atomic E-state index is 11.2. The van der Waals surface area contributed by atoms with Crippen LogP contribution in [0.5, 0.6) is 0 Å². The second kappa shape index (κ2) is 4.74. The monoisotopic (exact) mass is 254 g/mol. The van der Waals surface area contributed by atoms with Crippen LogP contribution in [0.4, 0.5) is 0 Å². The van der Waals surface area contributed by atoms with Crippen molar-refractivity contribution in [3.63, 3.8) is 0 Å². The number of aldehydes is 1. The highest BCUT2D eigenvalue weighted by molar-refractivity contribution is 9.10. The molecule has 0 aliphatic rings. The lowest BCUT2D eigenvalue weighted by Crippen LogP contribution is -2.26. The molecule has 0 N–H and O–H groups in total. The molecule has 76 valence electrons. The molecule has 0 aromatic heterocycles. The summed E-state index contributed by atoms with van der Waals surface area (Å²) in [5.41, 5.74) is 0.778. The fourth-order valence-electron chi connectivity index (χ4n) is 1.73. The lowest BCUT2D eigenvalue weighted by atomic mass is 9.77. The minimum Gasteiger partial charge on any atom is -0.302 e. The van der Waals surface area contributed by atoms with E-state index >= 15 is 0 Å². The molecule has 0 spiro atoms. The summed E-state index contributed by atoms with van der Waals surface area (Å²) in [6, 6.07) is 7.95. The number of benzene rings is 1. The van der Waals surface area contributed by atoms with Gasteiger partial charge in [0.25, 0.3) is 0 Å². The Balaban J connectivity index is 3.24. The van der Waals surface area contributed by atoms with E-state index in [0.717, 1.165) is 29.2 Å². The molecule has 0 radical (unpaired) electrons. The Morgan fingerprint density at radius 1 is 1.29 bits per heavy atom. The molecule has 0 unspecified atom stereocenters. The van der Waals surface area contributed by atoms with Gasteiger partial charge in [-0.05, 0) is 24.5 Å². The predicted octanol–water partition coefficient (Wildman–Crippen LogP) is 3.71. The number of hydrogen-bond donors (Lipinski definition) is 0. The molecule has 0 heterocycles. The zero-order chi connectivity index (χ0) is 10.6. The van der Waals surface area contributed by atoms with E-state index in [1.54, 1.807) is 0 Å². The van der Waals surface area contributed by atoms with Crippen molar-refractivity contribution >= 4 is 22.2 Å². The summed E-state index contributed by atoms with van der Waals surface area (Å²) in [5, 5.41) is 0. The SMILES string of the molecule is CCC(C=O)(CC)c1ccccc1Br. The van der Waals surface area contributed by atoms with Crippen molar-refractivity contribution in [2.45, 2.75) is 32.1 Å². The van der Waals surface area contributed by atoms with Crippen molar-refractivity contribution in [1.82, 2.24) is 0 Å². The summed E-state index contributed by atoms with van der Waals surface area (Å²) in [5.74, 6) is 0. The van der Waals surface area contributed by atoms with Gasteiger partial charge in [0.1, 0.15) is 6.29 Å². The molecule has 14 heavy (non-hydrogen) atoms. The normalized spacial score (nSPS) is 11.4. The number of carbonyl (C=O) groups excluding carboxylic acids is 1. The lowest BCUT2D eigenvalue weighted by Gasteiger charge is -2.26. The Morgan fingerprint density at radius 2 is 1.86 bits per heavy atom. The third-order valence-electron chi connectivity index (χ3n) is 2.90. The van der Waals surface area contributed by atoms with Gasteiger partial charge in [-0.1, -0.05) is 48.0 Å². The van der Waals surface area contributed by atoms with Crippen molar-refractivity contribution in [1.29, 1.82) is 0 Å². The highest BCUT2D eigenvalue weighted by Gasteiger charge is 2.29. The van der Waals surface area contributed by atoms with Crippen molar-refractivity contribution in [2.75, 3.05) is 0 Å². The summed E-state index contributed by atoms with van der Waals surface area (Å²) >= 11 is 3.50. The van der Waals surface area contributed by atoms with Gasteiger partial charge < -0.3 is 4.79 Å². The lowest BCUT2D eigenvalue weighted by molar-refractivity contribution is -0.112. The predicted molar refractivity (Wildman–Crippen MR) is 62.5 cm³/mol. The zero-order valence-corrected chi connectivity index (χ0v) is 10.2. The van der Waals surface area contributed by atoms with Crippen LogP contribution in [0.15, 0.2) is 28.7 Å². The molecule has 0 fully saturated rings. The highest BCUT2D eigenvalue weighted by Crippen LogP contribution is 2.34. The van der Waals surface area contributed by atoms with E-state index in [-0.39, 0.29) is 5.41 Å². The molecule has 1 rings (SSSR count). The van der Waals surface area contributed by atoms with Crippen LogP contribution in [0.3, 0.4) is 0 Å². The molecule has 1 nitrogen and oxygen atoms in total. The molecule has 2 heteroatoms. The molecule has 0 saturated heterocycles. The number of halogens is 1. The van der Waals surface area contributed by atoms with Crippen LogP contribution in [0.2, 0.25) is 0 Å². The van der Waals surface area contributed by atoms with Crippen LogP contribution < -0.4 is 0 Å². The summed E-state index contributed by atoms with van der Waals surface area (Å²) < 4.78 is 1.02. The molecular weight excluding hydrogens is 240 g/mol. The van der Waals surface area contributed by atoms with Crippen LogP contribution in [-0.2, 0) is 10.2 Å². The van der Waals surface area contributed by atoms with E-state index in [4.69, 9.17) is 0 Å². The Hall–Kier alpha value is -0.630. The molecule has 0 aliphatic carbocycles. The van der Waals surface area contributed by atoms with E-state index in [1.165, 1.54) is 0 Å². The Kier molecular flexibility index (Phi) is 3.87. The molecule has 1 aromatic carbocycles. The third-order valence-corrected chi connectivity index (χ3v) is 3.59.